The number of likely N-dealkylation sites (N-methyl/N-ethyl adjacent to an activating group) is 1. The number of aromatic carboxylic acids is 1. The van der Waals surface area contributed by atoms with Gasteiger partial charge in [-0.25, -0.2) is 13.6 Å². The molecule has 0 aromatic heterocycles. The van der Waals surface area contributed by atoms with Gasteiger partial charge in [-0.05, 0) is 40.1 Å². The predicted octanol–water partition coefficient (Wildman–Crippen LogP) is 1.73. The van der Waals surface area contributed by atoms with Gasteiger partial charge in [-0.15, -0.1) is 0 Å². The van der Waals surface area contributed by atoms with Crippen LogP contribution >= 0.6 is 0 Å². The summed E-state index contributed by atoms with van der Waals surface area (Å²) >= 11 is 0. The quantitative estimate of drug-likeness (QED) is 0.869. The number of carboxylic acids is 1. The molecule has 1 amide bonds. The molecule has 0 saturated carbocycles. The van der Waals surface area contributed by atoms with Gasteiger partial charge in [0.2, 0.25) is 0 Å². The number of amides is 1. The number of halogens is 2. The van der Waals surface area contributed by atoms with Gasteiger partial charge in [-0.2, -0.15) is 0 Å². The van der Waals surface area contributed by atoms with Crippen LogP contribution < -0.4 is 5.32 Å². The Morgan fingerprint density at radius 2 is 1.67 bits per heavy atom. The maximum absolute atomic E-state index is 13.2. The Labute approximate surface area is 121 Å². The highest BCUT2D eigenvalue weighted by Gasteiger charge is 2.24. The number of rotatable bonds is 5. The fraction of sp³-hybridized carbons (Fsp3) is 0.429. The summed E-state index contributed by atoms with van der Waals surface area (Å²) in [6.07, 6.45) is 0. The number of hydrogen-bond donors (Lipinski definition) is 2. The lowest BCUT2D eigenvalue weighted by atomic mass is 10.0. The Kier molecular flexibility index (Phi) is 5.01. The van der Waals surface area contributed by atoms with Gasteiger partial charge < -0.3 is 15.3 Å². The van der Waals surface area contributed by atoms with E-state index in [1.54, 1.807) is 0 Å². The number of carbonyl (C=O) groups is 2. The number of hydrogen-bond acceptors (Lipinski definition) is 3. The average molecular weight is 300 g/mol. The van der Waals surface area contributed by atoms with Crippen molar-refractivity contribution in [1.29, 1.82) is 0 Å². The Balaban J connectivity index is 3.03. The van der Waals surface area contributed by atoms with Gasteiger partial charge in [0.15, 0.2) is 11.6 Å². The Bertz CT molecular complexity index is 572. The highest BCUT2D eigenvalue weighted by atomic mass is 19.2. The SMILES string of the molecule is CN(C)C(C)(C)CNC(=O)c1cc(F)c(F)cc1C(=O)O. The van der Waals surface area contributed by atoms with Crippen molar-refractivity contribution in [2.75, 3.05) is 20.6 Å². The second-order valence-electron chi connectivity index (χ2n) is 5.51. The fourth-order valence-corrected chi connectivity index (χ4v) is 1.46. The van der Waals surface area contributed by atoms with E-state index in [-0.39, 0.29) is 12.1 Å². The van der Waals surface area contributed by atoms with Crippen molar-refractivity contribution in [3.05, 3.63) is 34.9 Å². The van der Waals surface area contributed by atoms with Crippen LogP contribution in [0.5, 0.6) is 0 Å². The fourth-order valence-electron chi connectivity index (χ4n) is 1.46. The maximum Gasteiger partial charge on any atom is 0.336 e. The van der Waals surface area contributed by atoms with E-state index in [9.17, 15) is 18.4 Å². The lowest BCUT2D eigenvalue weighted by molar-refractivity contribution is 0.0689. The molecule has 0 atom stereocenters. The molecule has 0 aliphatic rings. The molecule has 7 heteroatoms. The van der Waals surface area contributed by atoms with Gasteiger partial charge in [-0.1, -0.05) is 0 Å². The van der Waals surface area contributed by atoms with E-state index in [0.717, 1.165) is 0 Å². The molecule has 0 fully saturated rings. The topological polar surface area (TPSA) is 69.6 Å². The second kappa shape index (κ2) is 6.17. The molecular weight excluding hydrogens is 282 g/mol. The molecule has 21 heavy (non-hydrogen) atoms. The number of carboxylic acid groups (broad SMARTS) is 1. The summed E-state index contributed by atoms with van der Waals surface area (Å²) in [6.45, 7) is 3.96. The predicted molar refractivity (Wildman–Crippen MR) is 73.4 cm³/mol. The summed E-state index contributed by atoms with van der Waals surface area (Å²) in [5, 5.41) is 11.5. The minimum atomic E-state index is -1.49. The Hall–Kier alpha value is -2.02. The molecule has 0 spiro atoms. The molecule has 0 unspecified atom stereocenters. The number of carbonyl (C=O) groups excluding carboxylic acids is 1. The molecular formula is C14H18F2N2O3. The third kappa shape index (κ3) is 3.98. The maximum atomic E-state index is 13.2. The normalized spacial score (nSPS) is 11.6. The van der Waals surface area contributed by atoms with E-state index in [4.69, 9.17) is 5.11 Å². The van der Waals surface area contributed by atoms with Crippen LogP contribution in [0.15, 0.2) is 12.1 Å². The number of nitrogens with zero attached hydrogens (tertiary/aromatic N) is 1. The van der Waals surface area contributed by atoms with Crippen LogP contribution in [0.2, 0.25) is 0 Å². The first-order chi connectivity index (χ1) is 9.56. The van der Waals surface area contributed by atoms with Gasteiger partial charge in [0.25, 0.3) is 5.91 Å². The van der Waals surface area contributed by atoms with Gasteiger partial charge in [0.1, 0.15) is 0 Å². The molecule has 0 heterocycles. The van der Waals surface area contributed by atoms with E-state index in [1.165, 1.54) is 0 Å². The zero-order valence-electron chi connectivity index (χ0n) is 12.3. The van der Waals surface area contributed by atoms with E-state index >= 15 is 0 Å². The molecule has 5 nitrogen and oxygen atoms in total. The van der Waals surface area contributed by atoms with E-state index in [0.29, 0.717) is 12.1 Å². The molecule has 1 aromatic carbocycles. The van der Waals surface area contributed by atoms with E-state index < -0.39 is 34.6 Å². The molecule has 0 saturated heterocycles. The Morgan fingerprint density at radius 3 is 2.10 bits per heavy atom. The third-order valence-electron chi connectivity index (χ3n) is 3.43. The van der Waals surface area contributed by atoms with Gasteiger partial charge >= 0.3 is 5.97 Å². The summed E-state index contributed by atoms with van der Waals surface area (Å²) < 4.78 is 26.3. The third-order valence-corrected chi connectivity index (χ3v) is 3.43. The van der Waals surface area contributed by atoms with Crippen LogP contribution in [-0.2, 0) is 0 Å². The smallest absolute Gasteiger partial charge is 0.336 e. The molecule has 0 radical (unpaired) electrons. The second-order valence-corrected chi connectivity index (χ2v) is 5.51. The molecule has 1 rings (SSSR count). The molecule has 116 valence electrons. The van der Waals surface area contributed by atoms with Crippen molar-refractivity contribution in [2.45, 2.75) is 19.4 Å². The molecule has 0 bridgehead atoms. The first-order valence-electron chi connectivity index (χ1n) is 6.24. The van der Waals surface area contributed by atoms with Gasteiger partial charge in [-0.3, -0.25) is 4.79 Å². The summed E-state index contributed by atoms with van der Waals surface area (Å²) in [5.41, 5.74) is -1.36. The minimum absolute atomic E-state index is 0.219. The summed E-state index contributed by atoms with van der Waals surface area (Å²) in [7, 11) is 3.65. The van der Waals surface area contributed by atoms with Crippen LogP contribution in [0, 0.1) is 11.6 Å². The first-order valence-corrected chi connectivity index (χ1v) is 6.24. The average Bonchev–Trinajstić information content (AvgIpc) is 2.38. The zero-order valence-corrected chi connectivity index (χ0v) is 12.3. The van der Waals surface area contributed by atoms with Crippen molar-refractivity contribution < 1.29 is 23.5 Å². The van der Waals surface area contributed by atoms with Crippen LogP contribution in [0.3, 0.4) is 0 Å². The lowest BCUT2D eigenvalue weighted by Gasteiger charge is -2.32. The van der Waals surface area contributed by atoms with Crippen molar-refractivity contribution in [3.63, 3.8) is 0 Å². The molecule has 1 aromatic rings. The van der Waals surface area contributed by atoms with E-state index in [2.05, 4.69) is 5.32 Å². The lowest BCUT2D eigenvalue weighted by Crippen LogP contribution is -2.48. The van der Waals surface area contributed by atoms with Crippen LogP contribution in [0.25, 0.3) is 0 Å². The molecule has 0 aliphatic heterocycles. The molecule has 2 N–H and O–H groups in total. The highest BCUT2D eigenvalue weighted by Crippen LogP contribution is 2.16. The summed E-state index contributed by atoms with van der Waals surface area (Å²) in [4.78, 5) is 24.9. The number of benzene rings is 1. The monoisotopic (exact) mass is 300 g/mol. The van der Waals surface area contributed by atoms with Crippen molar-refractivity contribution >= 4 is 11.9 Å². The largest absolute Gasteiger partial charge is 0.478 e. The van der Waals surface area contributed by atoms with Crippen LogP contribution in [0.4, 0.5) is 8.78 Å². The number of nitrogens with one attached hydrogen (secondary N) is 1. The standard InChI is InChI=1S/C14H18F2N2O3/c1-14(2,18(3)4)7-17-12(19)8-5-10(15)11(16)6-9(8)13(20)21/h5-6H,7H2,1-4H3,(H,17,19)(H,20,21). The summed E-state index contributed by atoms with van der Waals surface area (Å²) in [5.74, 6) is -4.83. The Morgan fingerprint density at radius 1 is 1.19 bits per heavy atom. The van der Waals surface area contributed by atoms with Crippen molar-refractivity contribution in [3.8, 4) is 0 Å². The van der Waals surface area contributed by atoms with Gasteiger partial charge in [0.05, 0.1) is 11.1 Å². The van der Waals surface area contributed by atoms with Gasteiger partial charge in [0, 0.05) is 12.1 Å². The zero-order chi connectivity index (χ0) is 16.4. The minimum Gasteiger partial charge on any atom is -0.478 e. The van der Waals surface area contributed by atoms with E-state index in [1.807, 2.05) is 32.8 Å². The van der Waals surface area contributed by atoms with Crippen molar-refractivity contribution in [1.82, 2.24) is 10.2 Å². The van der Waals surface area contributed by atoms with Crippen LogP contribution in [-0.4, -0.2) is 48.1 Å². The summed E-state index contributed by atoms with van der Waals surface area (Å²) in [6, 6.07) is 1.10. The first kappa shape index (κ1) is 17.0. The molecule has 0 aliphatic carbocycles. The van der Waals surface area contributed by atoms with Crippen LogP contribution in [0.1, 0.15) is 34.6 Å². The highest BCUT2D eigenvalue weighted by molar-refractivity contribution is 6.04. The van der Waals surface area contributed by atoms with Crippen molar-refractivity contribution in [2.24, 2.45) is 0 Å².